The van der Waals surface area contributed by atoms with Gasteiger partial charge in [-0.2, -0.15) is 0 Å². The van der Waals surface area contributed by atoms with E-state index in [0.717, 1.165) is 14.1 Å². The standard InChI is InChI=1S/C7H6ClNOS2/c8-7-2-1-5(11-7)6-3-10-4-9-12-6/h1-3,9H,4H2. The van der Waals surface area contributed by atoms with Crippen LogP contribution in [0.4, 0.5) is 0 Å². The molecule has 0 amide bonds. The molecule has 1 N–H and O–H groups in total. The molecule has 1 aliphatic heterocycles. The summed E-state index contributed by atoms with van der Waals surface area (Å²) in [7, 11) is 0. The smallest absolute Gasteiger partial charge is 0.147 e. The van der Waals surface area contributed by atoms with E-state index in [1.54, 1.807) is 29.5 Å². The SMILES string of the molecule is Clc1ccc(C2=COCNS2)s1. The Hall–Kier alpha value is -0.160. The third-order valence-corrected chi connectivity index (χ3v) is 3.52. The number of rotatable bonds is 1. The summed E-state index contributed by atoms with van der Waals surface area (Å²) in [6.07, 6.45) is 1.75. The summed E-state index contributed by atoms with van der Waals surface area (Å²) in [5.74, 6) is 0. The van der Waals surface area contributed by atoms with Crippen molar-refractivity contribution in [3.63, 3.8) is 0 Å². The molecule has 0 aliphatic carbocycles. The first-order valence-electron chi connectivity index (χ1n) is 3.33. The molecule has 5 heteroatoms. The summed E-state index contributed by atoms with van der Waals surface area (Å²) in [5, 5.41) is 0. The molecule has 1 aliphatic rings. The molecule has 12 heavy (non-hydrogen) atoms. The van der Waals surface area contributed by atoms with Gasteiger partial charge >= 0.3 is 0 Å². The average Bonchev–Trinajstić information content (AvgIpc) is 2.54. The quantitative estimate of drug-likeness (QED) is 0.734. The van der Waals surface area contributed by atoms with Crippen molar-refractivity contribution in [1.29, 1.82) is 0 Å². The molecule has 0 atom stereocenters. The first-order chi connectivity index (χ1) is 5.86. The molecular formula is C7H6ClNOS2. The molecular weight excluding hydrogens is 214 g/mol. The summed E-state index contributed by atoms with van der Waals surface area (Å²) in [4.78, 5) is 2.22. The zero-order chi connectivity index (χ0) is 8.39. The van der Waals surface area contributed by atoms with E-state index in [2.05, 4.69) is 4.72 Å². The third-order valence-electron chi connectivity index (χ3n) is 1.33. The second kappa shape index (κ2) is 3.70. The van der Waals surface area contributed by atoms with E-state index in [1.807, 2.05) is 12.1 Å². The van der Waals surface area contributed by atoms with Gasteiger partial charge in [-0.05, 0) is 24.1 Å². The highest BCUT2D eigenvalue weighted by Crippen LogP contribution is 2.34. The van der Waals surface area contributed by atoms with Crippen molar-refractivity contribution in [3.8, 4) is 0 Å². The highest BCUT2D eigenvalue weighted by Gasteiger charge is 2.09. The first-order valence-corrected chi connectivity index (χ1v) is 5.34. The minimum Gasteiger partial charge on any atom is -0.484 e. The van der Waals surface area contributed by atoms with Crippen molar-refractivity contribution in [2.75, 3.05) is 6.73 Å². The van der Waals surface area contributed by atoms with E-state index < -0.39 is 0 Å². The molecule has 0 unspecified atom stereocenters. The van der Waals surface area contributed by atoms with Crippen molar-refractivity contribution in [2.24, 2.45) is 0 Å². The van der Waals surface area contributed by atoms with Gasteiger partial charge in [0.1, 0.15) is 13.0 Å². The summed E-state index contributed by atoms with van der Waals surface area (Å²) < 4.78 is 8.95. The van der Waals surface area contributed by atoms with Gasteiger partial charge in [0.15, 0.2) is 0 Å². The number of nitrogens with one attached hydrogen (secondary N) is 1. The molecule has 0 bridgehead atoms. The predicted octanol–water partition coefficient (Wildman–Crippen LogP) is 2.93. The molecule has 0 radical (unpaired) electrons. The normalized spacial score (nSPS) is 16.9. The minimum absolute atomic E-state index is 0.563. The fraction of sp³-hybridized carbons (Fsp3) is 0.143. The Morgan fingerprint density at radius 2 is 2.42 bits per heavy atom. The Morgan fingerprint density at radius 3 is 3.00 bits per heavy atom. The maximum Gasteiger partial charge on any atom is 0.147 e. The van der Waals surface area contributed by atoms with Crippen LogP contribution in [0.25, 0.3) is 4.91 Å². The second-order valence-corrected chi connectivity index (χ2v) is 4.79. The van der Waals surface area contributed by atoms with Gasteiger partial charge in [-0.25, -0.2) is 4.72 Å². The Balaban J connectivity index is 2.23. The molecule has 0 saturated heterocycles. The number of halogens is 1. The largest absolute Gasteiger partial charge is 0.484 e. The van der Waals surface area contributed by atoms with Crippen LogP contribution in [0.5, 0.6) is 0 Å². The van der Waals surface area contributed by atoms with Crippen LogP contribution in [-0.4, -0.2) is 6.73 Å². The maximum absolute atomic E-state index is 5.80. The lowest BCUT2D eigenvalue weighted by Gasteiger charge is -2.12. The first kappa shape index (κ1) is 8.44. The van der Waals surface area contributed by atoms with Gasteiger partial charge in [0, 0.05) is 4.88 Å². The number of hydrogen-bond acceptors (Lipinski definition) is 4. The highest BCUT2D eigenvalue weighted by atomic mass is 35.5. The average molecular weight is 220 g/mol. The van der Waals surface area contributed by atoms with Crippen LogP contribution in [0.3, 0.4) is 0 Å². The molecule has 64 valence electrons. The number of ether oxygens (including phenoxy) is 1. The molecule has 0 fully saturated rings. The molecule has 0 saturated carbocycles. The van der Waals surface area contributed by atoms with E-state index in [4.69, 9.17) is 16.3 Å². The maximum atomic E-state index is 5.80. The van der Waals surface area contributed by atoms with Crippen molar-refractivity contribution in [3.05, 3.63) is 27.6 Å². The number of thiophene rings is 1. The van der Waals surface area contributed by atoms with Gasteiger partial charge in [-0.15, -0.1) is 11.3 Å². The van der Waals surface area contributed by atoms with Gasteiger partial charge < -0.3 is 4.74 Å². The minimum atomic E-state index is 0.563. The van der Waals surface area contributed by atoms with Crippen molar-refractivity contribution >= 4 is 39.8 Å². The van der Waals surface area contributed by atoms with Crippen LogP contribution in [0.15, 0.2) is 18.4 Å². The van der Waals surface area contributed by atoms with Crippen LogP contribution in [0.1, 0.15) is 4.88 Å². The summed E-state index contributed by atoms with van der Waals surface area (Å²) in [6, 6.07) is 3.87. The Kier molecular flexibility index (Phi) is 2.60. The zero-order valence-corrected chi connectivity index (χ0v) is 8.43. The molecule has 1 aromatic rings. The van der Waals surface area contributed by atoms with Gasteiger partial charge in [0.05, 0.1) is 9.24 Å². The molecule has 0 spiro atoms. The fourth-order valence-corrected chi connectivity index (χ4v) is 2.60. The topological polar surface area (TPSA) is 21.3 Å². The Morgan fingerprint density at radius 1 is 1.50 bits per heavy atom. The zero-order valence-electron chi connectivity index (χ0n) is 6.04. The highest BCUT2D eigenvalue weighted by molar-refractivity contribution is 8.06. The predicted molar refractivity (Wildman–Crippen MR) is 54.0 cm³/mol. The third kappa shape index (κ3) is 1.77. The van der Waals surface area contributed by atoms with E-state index in [-0.39, 0.29) is 0 Å². The monoisotopic (exact) mass is 219 g/mol. The molecule has 1 aromatic heterocycles. The summed E-state index contributed by atoms with van der Waals surface area (Å²) >= 11 is 8.92. The second-order valence-electron chi connectivity index (χ2n) is 2.14. The van der Waals surface area contributed by atoms with Gasteiger partial charge in [0.25, 0.3) is 0 Å². The van der Waals surface area contributed by atoms with Gasteiger partial charge in [0.2, 0.25) is 0 Å². The van der Waals surface area contributed by atoms with Gasteiger partial charge in [-0.3, -0.25) is 0 Å². The lowest BCUT2D eigenvalue weighted by molar-refractivity contribution is 0.247. The van der Waals surface area contributed by atoms with Crippen LogP contribution in [0, 0.1) is 0 Å². The van der Waals surface area contributed by atoms with E-state index >= 15 is 0 Å². The van der Waals surface area contributed by atoms with Gasteiger partial charge in [-0.1, -0.05) is 11.6 Å². The Bertz CT molecular complexity index is 310. The molecule has 2 nitrogen and oxygen atoms in total. The van der Waals surface area contributed by atoms with Crippen molar-refractivity contribution in [2.45, 2.75) is 0 Å². The van der Waals surface area contributed by atoms with E-state index in [9.17, 15) is 0 Å². The lowest BCUT2D eigenvalue weighted by Crippen LogP contribution is -2.10. The van der Waals surface area contributed by atoms with Crippen LogP contribution >= 0.6 is 34.9 Å². The molecule has 2 heterocycles. The molecule has 0 aromatic carbocycles. The fourth-order valence-electron chi connectivity index (χ4n) is 0.838. The van der Waals surface area contributed by atoms with Crippen molar-refractivity contribution < 1.29 is 4.74 Å². The van der Waals surface area contributed by atoms with E-state index in [0.29, 0.717) is 6.73 Å². The Labute approximate surface area is 83.7 Å². The lowest BCUT2D eigenvalue weighted by atomic mass is 10.4. The van der Waals surface area contributed by atoms with Crippen molar-refractivity contribution in [1.82, 2.24) is 4.72 Å². The number of hydrogen-bond donors (Lipinski definition) is 1. The van der Waals surface area contributed by atoms with Crippen LogP contribution in [-0.2, 0) is 4.74 Å². The van der Waals surface area contributed by atoms with Crippen LogP contribution < -0.4 is 4.72 Å². The molecule has 2 rings (SSSR count). The summed E-state index contributed by atoms with van der Waals surface area (Å²) in [6.45, 7) is 0.563. The summed E-state index contributed by atoms with van der Waals surface area (Å²) in [5.41, 5.74) is 0. The van der Waals surface area contributed by atoms with E-state index in [1.165, 1.54) is 0 Å². The van der Waals surface area contributed by atoms with Crippen LogP contribution in [0.2, 0.25) is 4.34 Å².